The van der Waals surface area contributed by atoms with Crippen LogP contribution in [0.25, 0.3) is 22.4 Å². The van der Waals surface area contributed by atoms with Crippen LogP contribution in [0, 0.1) is 5.82 Å². The molecule has 0 amide bonds. The minimum absolute atomic E-state index is 0.0216. The molecular weight excluding hydrogens is 434 g/mol. The zero-order chi connectivity index (χ0) is 23.4. The van der Waals surface area contributed by atoms with Gasteiger partial charge in [0.15, 0.2) is 0 Å². The molecule has 33 heavy (non-hydrogen) atoms. The fourth-order valence-corrected chi connectivity index (χ4v) is 3.50. The van der Waals surface area contributed by atoms with E-state index >= 15 is 0 Å². The summed E-state index contributed by atoms with van der Waals surface area (Å²) in [5, 5.41) is 7.22. The number of alkyl halides is 3. The number of halogens is 4. The van der Waals surface area contributed by atoms with Crippen LogP contribution in [0.1, 0.15) is 16.7 Å². The van der Waals surface area contributed by atoms with E-state index in [-0.39, 0.29) is 35.6 Å². The lowest BCUT2D eigenvalue weighted by Crippen LogP contribution is -2.11. The second-order valence-electron chi connectivity index (χ2n) is 7.46. The lowest BCUT2D eigenvalue weighted by molar-refractivity contribution is -0.137. The molecule has 2 aromatic heterocycles. The lowest BCUT2D eigenvalue weighted by atomic mass is 9.95. The van der Waals surface area contributed by atoms with Gasteiger partial charge in [0, 0.05) is 30.2 Å². The van der Waals surface area contributed by atoms with Gasteiger partial charge < -0.3 is 0 Å². The van der Waals surface area contributed by atoms with Crippen LogP contribution in [0.15, 0.2) is 79.3 Å². The zero-order valence-corrected chi connectivity index (χ0v) is 17.2. The van der Waals surface area contributed by atoms with Crippen LogP contribution < -0.4 is 0 Å². The average molecular weight is 451 g/mol. The van der Waals surface area contributed by atoms with Crippen LogP contribution >= 0.6 is 0 Å². The Bertz CT molecular complexity index is 1270. The molecule has 2 heterocycles. The SMILES string of the molecule is O=C(Cc1ccc(-c2cccc(F)c2)nc1)Cc1ccc(-c2ccnnc2)c(C(F)(F)F)c1. The molecule has 0 spiro atoms. The first-order chi connectivity index (χ1) is 15.8. The molecule has 0 unspecified atom stereocenters. The molecule has 0 radical (unpaired) electrons. The van der Waals surface area contributed by atoms with Crippen molar-refractivity contribution in [3.8, 4) is 22.4 Å². The number of carbonyl (C=O) groups excluding carboxylic acids is 1. The van der Waals surface area contributed by atoms with E-state index in [9.17, 15) is 22.4 Å². The van der Waals surface area contributed by atoms with Crippen molar-refractivity contribution in [3.05, 3.63) is 102 Å². The fourth-order valence-electron chi connectivity index (χ4n) is 3.50. The van der Waals surface area contributed by atoms with Crippen LogP contribution in [0.2, 0.25) is 0 Å². The number of hydrogen-bond donors (Lipinski definition) is 0. The molecule has 0 aliphatic carbocycles. The van der Waals surface area contributed by atoms with Gasteiger partial charge in [-0.05, 0) is 47.0 Å². The first-order valence-electron chi connectivity index (χ1n) is 9.99. The minimum atomic E-state index is -4.59. The Kier molecular flexibility index (Phi) is 6.26. The van der Waals surface area contributed by atoms with Gasteiger partial charge >= 0.3 is 6.18 Å². The third kappa shape index (κ3) is 5.46. The topological polar surface area (TPSA) is 55.7 Å². The van der Waals surface area contributed by atoms with Crippen LogP contribution in [-0.2, 0) is 23.8 Å². The summed E-state index contributed by atoms with van der Waals surface area (Å²) < 4.78 is 54.3. The van der Waals surface area contributed by atoms with Crippen LogP contribution in [0.4, 0.5) is 17.6 Å². The molecule has 0 saturated carbocycles. The largest absolute Gasteiger partial charge is 0.417 e. The van der Waals surface area contributed by atoms with E-state index in [2.05, 4.69) is 15.2 Å². The summed E-state index contributed by atoms with van der Waals surface area (Å²) >= 11 is 0. The monoisotopic (exact) mass is 451 g/mol. The molecule has 0 fully saturated rings. The highest BCUT2D eigenvalue weighted by atomic mass is 19.4. The van der Waals surface area contributed by atoms with Gasteiger partial charge in [-0.1, -0.05) is 30.3 Å². The van der Waals surface area contributed by atoms with Gasteiger partial charge in [-0.2, -0.15) is 23.4 Å². The molecular formula is C25H17F4N3O. The fraction of sp³-hybridized carbons (Fsp3) is 0.120. The van der Waals surface area contributed by atoms with Gasteiger partial charge in [-0.25, -0.2) is 4.39 Å². The molecule has 0 atom stereocenters. The van der Waals surface area contributed by atoms with E-state index in [0.29, 0.717) is 22.4 Å². The molecule has 2 aromatic carbocycles. The van der Waals surface area contributed by atoms with Crippen LogP contribution in [0.3, 0.4) is 0 Å². The molecule has 0 N–H and O–H groups in total. The second-order valence-corrected chi connectivity index (χ2v) is 7.46. The summed E-state index contributed by atoms with van der Waals surface area (Å²) in [7, 11) is 0. The van der Waals surface area contributed by atoms with Crippen molar-refractivity contribution in [1.82, 2.24) is 15.2 Å². The first kappa shape index (κ1) is 22.3. The molecule has 8 heteroatoms. The summed E-state index contributed by atoms with van der Waals surface area (Å²) in [6.45, 7) is 0. The van der Waals surface area contributed by atoms with E-state index in [4.69, 9.17) is 0 Å². The van der Waals surface area contributed by atoms with Gasteiger partial charge in [0.05, 0.1) is 23.7 Å². The van der Waals surface area contributed by atoms with Gasteiger partial charge in [0.1, 0.15) is 11.6 Å². The lowest BCUT2D eigenvalue weighted by Gasteiger charge is -2.14. The molecule has 166 valence electrons. The molecule has 0 aliphatic heterocycles. The van der Waals surface area contributed by atoms with Crippen molar-refractivity contribution >= 4 is 5.78 Å². The van der Waals surface area contributed by atoms with E-state index in [0.717, 1.165) is 6.07 Å². The highest BCUT2D eigenvalue weighted by Gasteiger charge is 2.34. The van der Waals surface area contributed by atoms with Gasteiger partial charge in [0.2, 0.25) is 0 Å². The predicted octanol–water partition coefficient (Wildman–Crippen LogP) is 5.72. The number of aromatic nitrogens is 3. The van der Waals surface area contributed by atoms with Crippen molar-refractivity contribution in [2.24, 2.45) is 0 Å². The summed E-state index contributed by atoms with van der Waals surface area (Å²) in [6.07, 6.45) is -0.624. The molecule has 4 nitrogen and oxygen atoms in total. The van der Waals surface area contributed by atoms with Gasteiger partial charge in [-0.3, -0.25) is 9.78 Å². The standard InChI is InChI=1S/C25H17F4N3O/c26-20-3-1-2-18(13-20)24-7-5-17(14-30-24)11-21(33)10-16-4-6-22(19-8-9-31-32-15-19)23(12-16)25(27,28)29/h1-9,12-15H,10-11H2. The Labute approximate surface area is 187 Å². The third-order valence-corrected chi connectivity index (χ3v) is 5.03. The number of hydrogen-bond acceptors (Lipinski definition) is 4. The third-order valence-electron chi connectivity index (χ3n) is 5.03. The predicted molar refractivity (Wildman–Crippen MR) is 115 cm³/mol. The highest BCUT2D eigenvalue weighted by molar-refractivity contribution is 5.83. The van der Waals surface area contributed by atoms with Crippen molar-refractivity contribution in [2.45, 2.75) is 19.0 Å². The minimum Gasteiger partial charge on any atom is -0.299 e. The zero-order valence-electron chi connectivity index (χ0n) is 17.2. The number of Topliss-reactive ketones (excluding diaryl/α,β-unsaturated/α-hetero) is 1. The summed E-state index contributed by atoms with van der Waals surface area (Å²) in [5.74, 6) is -0.625. The smallest absolute Gasteiger partial charge is 0.299 e. The Hall–Kier alpha value is -3.94. The summed E-state index contributed by atoms with van der Waals surface area (Å²) in [5.41, 5.74) is 1.49. The van der Waals surface area contributed by atoms with Crippen molar-refractivity contribution < 1.29 is 22.4 Å². The molecule has 0 bridgehead atoms. The number of benzene rings is 2. The number of rotatable bonds is 6. The Morgan fingerprint density at radius 3 is 2.27 bits per heavy atom. The van der Waals surface area contributed by atoms with Gasteiger partial charge in [0.25, 0.3) is 0 Å². The number of nitrogens with zero attached hydrogens (tertiary/aromatic N) is 3. The maximum atomic E-state index is 13.6. The molecule has 0 aliphatic rings. The molecule has 0 saturated heterocycles. The highest BCUT2D eigenvalue weighted by Crippen LogP contribution is 2.37. The van der Waals surface area contributed by atoms with Gasteiger partial charge in [-0.15, -0.1) is 0 Å². The number of pyridine rings is 1. The van der Waals surface area contributed by atoms with Crippen molar-refractivity contribution in [1.29, 1.82) is 0 Å². The molecule has 4 aromatic rings. The maximum absolute atomic E-state index is 13.6. The summed E-state index contributed by atoms with van der Waals surface area (Å²) in [6, 6.07) is 14.7. The Balaban J connectivity index is 1.49. The van der Waals surface area contributed by atoms with E-state index in [1.54, 1.807) is 24.3 Å². The Morgan fingerprint density at radius 1 is 0.818 bits per heavy atom. The van der Waals surface area contributed by atoms with E-state index in [1.807, 2.05) is 0 Å². The average Bonchev–Trinajstić information content (AvgIpc) is 2.79. The van der Waals surface area contributed by atoms with Crippen molar-refractivity contribution in [3.63, 3.8) is 0 Å². The van der Waals surface area contributed by atoms with Crippen molar-refractivity contribution in [2.75, 3.05) is 0 Å². The number of ketones is 1. The Morgan fingerprint density at radius 2 is 1.61 bits per heavy atom. The molecule has 4 rings (SSSR count). The second kappa shape index (κ2) is 9.28. The van der Waals surface area contributed by atoms with Crippen LogP contribution in [0.5, 0.6) is 0 Å². The summed E-state index contributed by atoms with van der Waals surface area (Å²) in [4.78, 5) is 16.8. The van der Waals surface area contributed by atoms with E-state index in [1.165, 1.54) is 48.9 Å². The quantitative estimate of drug-likeness (QED) is 0.352. The maximum Gasteiger partial charge on any atom is 0.417 e. The van der Waals surface area contributed by atoms with E-state index < -0.39 is 11.7 Å². The first-order valence-corrected chi connectivity index (χ1v) is 9.99. The normalized spacial score (nSPS) is 11.4. The number of carbonyl (C=O) groups is 1. The van der Waals surface area contributed by atoms with Crippen LogP contribution in [-0.4, -0.2) is 21.0 Å².